The zero-order chi connectivity index (χ0) is 10.7. The Morgan fingerprint density at radius 2 is 2.21 bits per heavy atom. The number of benzene rings is 1. The summed E-state index contributed by atoms with van der Waals surface area (Å²) in [6, 6.07) is 4.63. The molecule has 0 aliphatic carbocycles. The van der Waals surface area contributed by atoms with E-state index in [-0.39, 0.29) is 11.3 Å². The van der Waals surface area contributed by atoms with Crippen LogP contribution in [0.2, 0.25) is 0 Å². The molecule has 1 aromatic carbocycles. The lowest BCUT2D eigenvalue weighted by atomic mass is 10.2. The first-order chi connectivity index (χ1) is 6.56. The van der Waals surface area contributed by atoms with E-state index in [0.29, 0.717) is 0 Å². The molecule has 0 spiro atoms. The maximum atomic E-state index is 11.6. The molecule has 0 aromatic heterocycles. The molecule has 0 saturated heterocycles. The molecule has 1 N–H and O–H groups in total. The standard InChI is InChI=1S/C9H10BrNO3/c1-11(14-2)9(13)7-5-6(10)3-4-8(7)12/h3-5,12H,1-2H3. The van der Waals surface area contributed by atoms with Crippen LogP contribution in [0.5, 0.6) is 5.75 Å². The van der Waals surface area contributed by atoms with Gasteiger partial charge in [0.25, 0.3) is 5.91 Å². The third-order valence-electron chi connectivity index (χ3n) is 1.75. The topological polar surface area (TPSA) is 49.8 Å². The lowest BCUT2D eigenvalue weighted by molar-refractivity contribution is -0.0758. The van der Waals surface area contributed by atoms with Crippen LogP contribution in [0, 0.1) is 0 Å². The zero-order valence-electron chi connectivity index (χ0n) is 7.82. The fraction of sp³-hybridized carbons (Fsp3) is 0.222. The highest BCUT2D eigenvalue weighted by Crippen LogP contribution is 2.22. The highest BCUT2D eigenvalue weighted by molar-refractivity contribution is 9.10. The van der Waals surface area contributed by atoms with Crippen LogP contribution >= 0.6 is 15.9 Å². The number of phenols is 1. The highest BCUT2D eigenvalue weighted by atomic mass is 79.9. The predicted molar refractivity (Wildman–Crippen MR) is 54.9 cm³/mol. The molecule has 76 valence electrons. The normalized spacial score (nSPS) is 9.93. The van der Waals surface area contributed by atoms with Gasteiger partial charge in [-0.15, -0.1) is 0 Å². The van der Waals surface area contributed by atoms with Crippen molar-refractivity contribution in [3.63, 3.8) is 0 Å². The lowest BCUT2D eigenvalue weighted by Crippen LogP contribution is -2.25. The van der Waals surface area contributed by atoms with E-state index in [1.165, 1.54) is 26.3 Å². The number of amides is 1. The van der Waals surface area contributed by atoms with Crippen LogP contribution in [0.4, 0.5) is 0 Å². The first-order valence-corrected chi connectivity index (χ1v) is 4.66. The predicted octanol–water partition coefficient (Wildman–Crippen LogP) is 1.79. The fourth-order valence-electron chi connectivity index (χ4n) is 0.932. The van der Waals surface area contributed by atoms with E-state index in [9.17, 15) is 9.90 Å². The molecule has 0 atom stereocenters. The summed E-state index contributed by atoms with van der Waals surface area (Å²) in [7, 11) is 2.86. The van der Waals surface area contributed by atoms with Gasteiger partial charge in [-0.3, -0.25) is 9.63 Å². The first-order valence-electron chi connectivity index (χ1n) is 3.87. The molecule has 0 bridgehead atoms. The van der Waals surface area contributed by atoms with Crippen molar-refractivity contribution in [2.75, 3.05) is 14.2 Å². The van der Waals surface area contributed by atoms with Crippen molar-refractivity contribution in [2.24, 2.45) is 0 Å². The Kier molecular flexibility index (Phi) is 3.49. The van der Waals surface area contributed by atoms with Gasteiger partial charge in [0, 0.05) is 11.5 Å². The molecule has 0 aliphatic rings. The van der Waals surface area contributed by atoms with Crippen LogP contribution in [0.1, 0.15) is 10.4 Å². The third-order valence-corrected chi connectivity index (χ3v) is 2.24. The van der Waals surface area contributed by atoms with E-state index >= 15 is 0 Å². The highest BCUT2D eigenvalue weighted by Gasteiger charge is 2.15. The van der Waals surface area contributed by atoms with E-state index < -0.39 is 5.91 Å². The number of hydrogen-bond donors (Lipinski definition) is 1. The molecule has 0 fully saturated rings. The van der Waals surface area contributed by atoms with Crippen molar-refractivity contribution in [1.29, 1.82) is 0 Å². The van der Waals surface area contributed by atoms with Gasteiger partial charge < -0.3 is 5.11 Å². The second kappa shape index (κ2) is 4.43. The Morgan fingerprint density at radius 3 is 2.79 bits per heavy atom. The molecule has 0 unspecified atom stereocenters. The van der Waals surface area contributed by atoms with E-state index in [0.717, 1.165) is 9.54 Å². The lowest BCUT2D eigenvalue weighted by Gasteiger charge is -2.14. The molecule has 14 heavy (non-hydrogen) atoms. The first kappa shape index (κ1) is 11.0. The summed E-state index contributed by atoms with van der Waals surface area (Å²) < 4.78 is 0.725. The molecule has 5 heteroatoms. The number of carbonyl (C=O) groups is 1. The van der Waals surface area contributed by atoms with E-state index in [1.807, 2.05) is 0 Å². The average molecular weight is 260 g/mol. The van der Waals surface area contributed by atoms with Gasteiger partial charge in [-0.2, -0.15) is 0 Å². The van der Waals surface area contributed by atoms with E-state index in [1.54, 1.807) is 6.07 Å². The third kappa shape index (κ3) is 2.24. The van der Waals surface area contributed by atoms with Gasteiger partial charge in [-0.25, -0.2) is 5.06 Å². The minimum atomic E-state index is -0.397. The van der Waals surface area contributed by atoms with Crippen LogP contribution in [-0.4, -0.2) is 30.2 Å². The van der Waals surface area contributed by atoms with Gasteiger partial charge in [-0.1, -0.05) is 15.9 Å². The zero-order valence-corrected chi connectivity index (χ0v) is 9.41. The Hall–Kier alpha value is -1.07. The van der Waals surface area contributed by atoms with Crippen molar-refractivity contribution in [3.05, 3.63) is 28.2 Å². The second-order valence-corrected chi connectivity index (χ2v) is 3.56. The molecular formula is C9H10BrNO3. The van der Waals surface area contributed by atoms with Gasteiger partial charge in [-0.05, 0) is 18.2 Å². The Morgan fingerprint density at radius 1 is 1.57 bits per heavy atom. The summed E-state index contributed by atoms with van der Waals surface area (Å²) in [5.41, 5.74) is 0.198. The minimum absolute atomic E-state index is 0.0675. The molecule has 1 rings (SSSR count). The van der Waals surface area contributed by atoms with Crippen LogP contribution in [-0.2, 0) is 4.84 Å². The summed E-state index contributed by atoms with van der Waals surface area (Å²) in [6.07, 6.45) is 0. The van der Waals surface area contributed by atoms with Crippen LogP contribution < -0.4 is 0 Å². The average Bonchev–Trinajstić information content (AvgIpc) is 2.19. The van der Waals surface area contributed by atoms with Gasteiger partial charge in [0.2, 0.25) is 0 Å². The maximum Gasteiger partial charge on any atom is 0.280 e. The maximum absolute atomic E-state index is 11.6. The molecule has 1 amide bonds. The molecule has 4 nitrogen and oxygen atoms in total. The number of rotatable bonds is 2. The molecule has 1 aromatic rings. The largest absolute Gasteiger partial charge is 0.507 e. The minimum Gasteiger partial charge on any atom is -0.507 e. The fourth-order valence-corrected chi connectivity index (χ4v) is 1.29. The number of aromatic hydroxyl groups is 1. The SMILES string of the molecule is CON(C)C(=O)c1cc(Br)ccc1O. The van der Waals surface area contributed by atoms with Crippen LogP contribution in [0.25, 0.3) is 0 Å². The number of phenolic OH excluding ortho intramolecular Hbond substituents is 1. The van der Waals surface area contributed by atoms with Crippen LogP contribution in [0.3, 0.4) is 0 Å². The monoisotopic (exact) mass is 259 g/mol. The molecule has 0 radical (unpaired) electrons. The summed E-state index contributed by atoms with van der Waals surface area (Å²) in [4.78, 5) is 16.3. The number of halogens is 1. The number of nitrogens with zero attached hydrogens (tertiary/aromatic N) is 1. The summed E-state index contributed by atoms with van der Waals surface area (Å²) >= 11 is 3.21. The molecule has 0 aliphatic heterocycles. The van der Waals surface area contributed by atoms with Crippen molar-refractivity contribution in [2.45, 2.75) is 0 Å². The Balaban J connectivity index is 3.06. The van der Waals surface area contributed by atoms with Crippen molar-refractivity contribution >= 4 is 21.8 Å². The number of hydrogen-bond acceptors (Lipinski definition) is 3. The van der Waals surface area contributed by atoms with Gasteiger partial charge in [0.1, 0.15) is 5.75 Å². The number of carbonyl (C=O) groups excluding carboxylic acids is 1. The van der Waals surface area contributed by atoms with Crippen LogP contribution in [0.15, 0.2) is 22.7 Å². The van der Waals surface area contributed by atoms with Gasteiger partial charge in [0.05, 0.1) is 12.7 Å². The van der Waals surface area contributed by atoms with Gasteiger partial charge >= 0.3 is 0 Å². The number of hydroxylamine groups is 2. The second-order valence-electron chi connectivity index (χ2n) is 2.65. The molecular weight excluding hydrogens is 250 g/mol. The Labute approximate surface area is 90.2 Å². The van der Waals surface area contributed by atoms with Crippen molar-refractivity contribution in [3.8, 4) is 5.75 Å². The quantitative estimate of drug-likeness (QED) is 0.824. The van der Waals surface area contributed by atoms with Crippen molar-refractivity contribution < 1.29 is 14.7 Å². The summed E-state index contributed by atoms with van der Waals surface area (Å²) in [6.45, 7) is 0. The summed E-state index contributed by atoms with van der Waals surface area (Å²) in [5.74, 6) is -0.464. The molecule has 0 heterocycles. The summed E-state index contributed by atoms with van der Waals surface area (Å²) in [5, 5.41) is 10.5. The van der Waals surface area contributed by atoms with E-state index in [2.05, 4.69) is 15.9 Å². The van der Waals surface area contributed by atoms with Crippen molar-refractivity contribution in [1.82, 2.24) is 5.06 Å². The smallest absolute Gasteiger partial charge is 0.280 e. The Bertz CT molecular complexity index is 354. The van der Waals surface area contributed by atoms with Gasteiger partial charge in [0.15, 0.2) is 0 Å². The van der Waals surface area contributed by atoms with E-state index in [4.69, 9.17) is 4.84 Å². The molecule has 0 saturated carbocycles.